The summed E-state index contributed by atoms with van der Waals surface area (Å²) in [5.74, 6) is 0.644. The number of aliphatic imine (C=N–C) groups is 1. The molecule has 2 N–H and O–H groups in total. The van der Waals surface area contributed by atoms with E-state index in [1.807, 2.05) is 6.92 Å². The van der Waals surface area contributed by atoms with Crippen molar-refractivity contribution in [2.75, 3.05) is 13.2 Å². The molecule has 0 amide bonds. The number of alkyl halides is 3. The van der Waals surface area contributed by atoms with Crippen LogP contribution in [0.2, 0.25) is 0 Å². The quantitative estimate of drug-likeness (QED) is 0.593. The predicted octanol–water partition coefficient (Wildman–Crippen LogP) is 2.40. The van der Waals surface area contributed by atoms with E-state index in [2.05, 4.69) is 25.3 Å². The van der Waals surface area contributed by atoms with Crippen LogP contribution in [0.25, 0.3) is 0 Å². The van der Waals surface area contributed by atoms with Crippen molar-refractivity contribution >= 4 is 5.96 Å². The van der Waals surface area contributed by atoms with Crippen LogP contribution >= 0.6 is 0 Å². The number of ether oxygens (including phenoxy) is 2. The summed E-state index contributed by atoms with van der Waals surface area (Å²) in [5.41, 5.74) is 0.783. The highest BCUT2D eigenvalue weighted by molar-refractivity contribution is 5.80. The molecule has 2 fully saturated rings. The molecule has 2 aliphatic heterocycles. The molecule has 1 aromatic rings. The Kier molecular flexibility index (Phi) is 5.85. The van der Waals surface area contributed by atoms with Gasteiger partial charge in [-0.3, -0.25) is 0 Å². The SMILES string of the molecule is CCNC(=NCc1ccc(OCC(F)(F)F)nc1)NC1CC2CCC1O2. The molecule has 1 aromatic heterocycles. The minimum Gasteiger partial charge on any atom is -0.468 e. The van der Waals surface area contributed by atoms with Gasteiger partial charge in [0, 0.05) is 18.8 Å². The third-order valence-electron chi connectivity index (χ3n) is 4.37. The minimum atomic E-state index is -4.37. The van der Waals surface area contributed by atoms with Crippen molar-refractivity contribution in [3.63, 3.8) is 0 Å². The summed E-state index contributed by atoms with van der Waals surface area (Å²) in [4.78, 5) is 8.41. The zero-order valence-electron chi connectivity index (χ0n) is 14.6. The topological polar surface area (TPSA) is 67.8 Å². The van der Waals surface area contributed by atoms with E-state index in [9.17, 15) is 13.2 Å². The maximum absolute atomic E-state index is 12.1. The van der Waals surface area contributed by atoms with E-state index in [0.29, 0.717) is 18.6 Å². The van der Waals surface area contributed by atoms with Crippen LogP contribution in [0.4, 0.5) is 13.2 Å². The van der Waals surface area contributed by atoms with Crippen molar-refractivity contribution in [1.82, 2.24) is 15.6 Å². The Morgan fingerprint density at radius 3 is 2.81 bits per heavy atom. The van der Waals surface area contributed by atoms with Gasteiger partial charge in [-0.05, 0) is 31.7 Å². The molecule has 3 heterocycles. The van der Waals surface area contributed by atoms with Gasteiger partial charge in [-0.25, -0.2) is 9.98 Å². The third kappa shape index (κ3) is 5.23. The maximum Gasteiger partial charge on any atom is 0.422 e. The van der Waals surface area contributed by atoms with Crippen molar-refractivity contribution in [3.8, 4) is 5.88 Å². The van der Waals surface area contributed by atoms with Gasteiger partial charge in [0.1, 0.15) is 0 Å². The van der Waals surface area contributed by atoms with E-state index >= 15 is 0 Å². The Labute approximate surface area is 150 Å². The van der Waals surface area contributed by atoms with Crippen LogP contribution in [0, 0.1) is 0 Å². The van der Waals surface area contributed by atoms with E-state index in [-0.39, 0.29) is 18.0 Å². The molecule has 3 atom stereocenters. The summed E-state index contributed by atoms with van der Waals surface area (Å²) >= 11 is 0. The number of guanidine groups is 1. The van der Waals surface area contributed by atoms with Gasteiger partial charge in [-0.2, -0.15) is 13.2 Å². The largest absolute Gasteiger partial charge is 0.468 e. The molecule has 2 bridgehead atoms. The fourth-order valence-electron chi connectivity index (χ4n) is 3.20. The van der Waals surface area contributed by atoms with E-state index in [1.54, 1.807) is 6.07 Å². The van der Waals surface area contributed by atoms with Crippen molar-refractivity contribution in [2.24, 2.45) is 4.99 Å². The van der Waals surface area contributed by atoms with Crippen LogP contribution in [0.3, 0.4) is 0 Å². The zero-order valence-corrected chi connectivity index (χ0v) is 14.6. The normalized spacial score (nSPS) is 25.4. The Balaban J connectivity index is 1.53. The first-order valence-electron chi connectivity index (χ1n) is 8.77. The Morgan fingerprint density at radius 1 is 1.38 bits per heavy atom. The number of aromatic nitrogens is 1. The Hall–Kier alpha value is -2.03. The second-order valence-corrected chi connectivity index (χ2v) is 6.46. The van der Waals surface area contributed by atoms with Crippen LogP contribution in [-0.4, -0.2) is 48.5 Å². The number of pyridine rings is 1. The molecular weight excluding hydrogens is 349 g/mol. The first-order chi connectivity index (χ1) is 12.4. The summed E-state index contributed by atoms with van der Waals surface area (Å²) < 4.78 is 46.8. The van der Waals surface area contributed by atoms with Crippen LogP contribution < -0.4 is 15.4 Å². The summed E-state index contributed by atoms with van der Waals surface area (Å²) in [6, 6.07) is 3.34. The maximum atomic E-state index is 12.1. The van der Waals surface area contributed by atoms with E-state index < -0.39 is 12.8 Å². The molecule has 9 heteroatoms. The second-order valence-electron chi connectivity index (χ2n) is 6.46. The molecule has 6 nitrogen and oxygen atoms in total. The number of nitrogens with one attached hydrogen (secondary N) is 2. The van der Waals surface area contributed by atoms with E-state index in [1.165, 1.54) is 12.3 Å². The number of hydrogen-bond acceptors (Lipinski definition) is 4. The molecule has 3 unspecified atom stereocenters. The lowest BCUT2D eigenvalue weighted by Crippen LogP contribution is -2.47. The third-order valence-corrected chi connectivity index (χ3v) is 4.37. The second kappa shape index (κ2) is 8.11. The molecule has 0 aromatic carbocycles. The Bertz CT molecular complexity index is 621. The van der Waals surface area contributed by atoms with Gasteiger partial charge in [0.15, 0.2) is 12.6 Å². The molecule has 3 rings (SSSR count). The van der Waals surface area contributed by atoms with Crippen LogP contribution in [0.15, 0.2) is 23.3 Å². The molecule has 0 spiro atoms. The predicted molar refractivity (Wildman–Crippen MR) is 90.0 cm³/mol. The van der Waals surface area contributed by atoms with Gasteiger partial charge >= 0.3 is 6.18 Å². The summed E-state index contributed by atoms with van der Waals surface area (Å²) in [6.07, 6.45) is 0.891. The summed E-state index contributed by atoms with van der Waals surface area (Å²) in [7, 11) is 0. The Morgan fingerprint density at radius 2 is 2.23 bits per heavy atom. The average Bonchev–Trinajstić information content (AvgIpc) is 3.21. The van der Waals surface area contributed by atoms with E-state index in [0.717, 1.165) is 31.4 Å². The van der Waals surface area contributed by atoms with Crippen molar-refractivity contribution < 1.29 is 22.6 Å². The highest BCUT2D eigenvalue weighted by Crippen LogP contribution is 2.34. The fourth-order valence-corrected chi connectivity index (χ4v) is 3.20. The fraction of sp³-hybridized carbons (Fsp3) is 0.647. The molecular formula is C17H23F3N4O2. The van der Waals surface area contributed by atoms with Crippen LogP contribution in [0.1, 0.15) is 31.7 Å². The van der Waals surface area contributed by atoms with Gasteiger partial charge in [0.25, 0.3) is 0 Å². The average molecular weight is 372 g/mol. The molecule has 26 heavy (non-hydrogen) atoms. The molecule has 0 saturated carbocycles. The van der Waals surface area contributed by atoms with Gasteiger partial charge in [-0.15, -0.1) is 0 Å². The van der Waals surface area contributed by atoms with Crippen molar-refractivity contribution in [1.29, 1.82) is 0 Å². The molecule has 2 saturated heterocycles. The molecule has 144 valence electrons. The summed E-state index contributed by atoms with van der Waals surface area (Å²) in [6.45, 7) is 1.74. The van der Waals surface area contributed by atoms with Gasteiger partial charge in [0.2, 0.25) is 5.88 Å². The van der Waals surface area contributed by atoms with Gasteiger partial charge < -0.3 is 20.1 Å². The molecule has 0 radical (unpaired) electrons. The number of nitrogens with zero attached hydrogens (tertiary/aromatic N) is 2. The highest BCUT2D eigenvalue weighted by atomic mass is 19.4. The van der Waals surface area contributed by atoms with Crippen LogP contribution in [-0.2, 0) is 11.3 Å². The highest BCUT2D eigenvalue weighted by Gasteiger charge is 2.41. The lowest BCUT2D eigenvalue weighted by Gasteiger charge is -2.22. The number of hydrogen-bond donors (Lipinski definition) is 2. The lowest BCUT2D eigenvalue weighted by atomic mass is 9.96. The number of halogens is 3. The first kappa shape index (κ1) is 18.8. The monoisotopic (exact) mass is 372 g/mol. The lowest BCUT2D eigenvalue weighted by molar-refractivity contribution is -0.154. The zero-order chi connectivity index (χ0) is 18.6. The van der Waals surface area contributed by atoms with Crippen LogP contribution in [0.5, 0.6) is 5.88 Å². The van der Waals surface area contributed by atoms with Gasteiger partial charge in [-0.1, -0.05) is 6.07 Å². The number of rotatable bonds is 6. The molecule has 0 aliphatic carbocycles. The van der Waals surface area contributed by atoms with Crippen molar-refractivity contribution in [3.05, 3.63) is 23.9 Å². The van der Waals surface area contributed by atoms with E-state index in [4.69, 9.17) is 4.74 Å². The van der Waals surface area contributed by atoms with Gasteiger partial charge in [0.05, 0.1) is 24.8 Å². The minimum absolute atomic E-state index is 0.0563. The molecule has 2 aliphatic rings. The van der Waals surface area contributed by atoms with Crippen molar-refractivity contribution in [2.45, 2.75) is 57.2 Å². The standard InChI is InChI=1S/C17H23F3N4O2/c1-2-21-16(24-13-7-12-4-5-14(13)26-12)23-9-11-3-6-15(22-8-11)25-10-17(18,19)20/h3,6,8,12-14H,2,4-5,7,9-10H2,1H3,(H2,21,23,24). The first-order valence-corrected chi connectivity index (χ1v) is 8.77. The summed E-state index contributed by atoms with van der Waals surface area (Å²) in [5, 5.41) is 6.61. The number of fused-ring (bicyclic) bond motifs is 2. The smallest absolute Gasteiger partial charge is 0.422 e.